The maximum atomic E-state index is 15.0. The van der Waals surface area contributed by atoms with Crippen molar-refractivity contribution in [1.29, 1.82) is 0 Å². The van der Waals surface area contributed by atoms with E-state index < -0.39 is 57.4 Å². The van der Waals surface area contributed by atoms with E-state index in [0.717, 1.165) is 22.3 Å². The van der Waals surface area contributed by atoms with Gasteiger partial charge in [0.25, 0.3) is 0 Å². The van der Waals surface area contributed by atoms with Crippen LogP contribution >= 0.6 is 0 Å². The molecule has 0 atom stereocenters. The molecule has 430 valence electrons. The molecule has 2 heterocycles. The molecule has 0 unspecified atom stereocenters. The van der Waals surface area contributed by atoms with Crippen LogP contribution in [-0.4, -0.2) is 60.1 Å². The highest BCUT2D eigenvalue weighted by atomic mass is 16.5. The molecule has 2 amide bonds. The van der Waals surface area contributed by atoms with Crippen molar-refractivity contribution in [1.82, 2.24) is 0 Å². The van der Waals surface area contributed by atoms with Crippen LogP contribution in [0, 0.1) is 0 Å². The second kappa shape index (κ2) is 22.9. The maximum Gasteiger partial charge on any atom is 0.343 e. The second-order valence-corrected chi connectivity index (χ2v) is 25.9. The Morgan fingerprint density at radius 1 is 0.415 bits per heavy atom. The highest BCUT2D eigenvalue weighted by Crippen LogP contribution is 2.44. The third-order valence-corrected chi connectivity index (χ3v) is 15.2. The summed E-state index contributed by atoms with van der Waals surface area (Å²) in [4.78, 5) is 83.7. The van der Waals surface area contributed by atoms with Crippen LogP contribution in [0.15, 0.2) is 84.9 Å². The number of methoxy groups -OCH3 is 2. The van der Waals surface area contributed by atoms with Gasteiger partial charge in [-0.3, -0.25) is 9.59 Å². The average Bonchev–Trinajstić information content (AvgIpc) is 3.16. The number of anilines is 2. The number of hydrogen-bond donors (Lipinski definition) is 4. The quantitative estimate of drug-likeness (QED) is 0.0943. The van der Waals surface area contributed by atoms with E-state index in [1.54, 1.807) is 0 Å². The van der Waals surface area contributed by atoms with Crippen molar-refractivity contribution in [2.24, 2.45) is 0 Å². The van der Waals surface area contributed by atoms with E-state index >= 15 is 9.59 Å². The van der Waals surface area contributed by atoms with Gasteiger partial charge in [0.15, 0.2) is 0 Å². The first-order chi connectivity index (χ1) is 38.3. The first-order valence-corrected chi connectivity index (χ1v) is 27.8. The number of phenols is 2. The van der Waals surface area contributed by atoms with Crippen LogP contribution in [0.4, 0.5) is 11.4 Å². The minimum Gasteiger partial charge on any atom is -0.507 e. The molecule has 6 aromatic rings. The molecule has 14 heteroatoms. The number of phenolic OH excluding ortho intramolecular Hbond substituents is 2. The summed E-state index contributed by atoms with van der Waals surface area (Å²) in [5.41, 5.74) is 6.01. The number of hydrogen-bond acceptors (Lipinski definition) is 12. The van der Waals surface area contributed by atoms with Crippen LogP contribution in [0.25, 0.3) is 0 Å². The molecule has 2 aliphatic heterocycles. The molecule has 0 saturated carbocycles. The fraction of sp³-hybridized carbons (Fsp3) is 0.382. The Balaban J connectivity index is 1.49. The average molecular weight is 1110 g/mol. The van der Waals surface area contributed by atoms with Crippen LogP contribution < -0.4 is 20.1 Å². The molecule has 14 nitrogen and oxygen atoms in total. The van der Waals surface area contributed by atoms with Crippen molar-refractivity contribution in [2.45, 2.75) is 156 Å². The number of benzene rings is 6. The fourth-order valence-electron chi connectivity index (χ4n) is 10.3. The minimum atomic E-state index is -0.856. The summed E-state index contributed by atoms with van der Waals surface area (Å²) in [6, 6.07) is 24.0. The lowest BCUT2D eigenvalue weighted by Gasteiger charge is -2.28. The molecule has 3 aliphatic rings. The Kier molecular flexibility index (Phi) is 16.7. The molecule has 1 aliphatic carbocycles. The number of carbonyl (C=O) groups is 6. The maximum absolute atomic E-state index is 15.0. The molecule has 0 fully saturated rings. The Labute approximate surface area is 480 Å². The number of nitrogens with one attached hydrogen (secondary N) is 2. The molecule has 0 radical (unpaired) electrons. The van der Waals surface area contributed by atoms with Gasteiger partial charge < -0.3 is 39.8 Å². The van der Waals surface area contributed by atoms with Crippen molar-refractivity contribution in [2.75, 3.05) is 24.9 Å². The van der Waals surface area contributed by atoms with Crippen molar-refractivity contribution < 1.29 is 57.9 Å². The summed E-state index contributed by atoms with van der Waals surface area (Å²) >= 11 is 0. The third kappa shape index (κ3) is 13.6. The van der Waals surface area contributed by atoms with E-state index in [0.29, 0.717) is 44.5 Å². The number of amides is 2. The van der Waals surface area contributed by atoms with Gasteiger partial charge in [0.05, 0.1) is 36.5 Å². The monoisotopic (exact) mass is 1110 g/mol. The highest BCUT2D eigenvalue weighted by molar-refractivity contribution is 6.01. The number of fused-ring (bicyclic) bond motifs is 9. The van der Waals surface area contributed by atoms with Crippen molar-refractivity contribution >= 4 is 47.1 Å². The van der Waals surface area contributed by atoms with Gasteiger partial charge in [0.1, 0.15) is 23.0 Å². The molecule has 0 spiro atoms. The van der Waals surface area contributed by atoms with Gasteiger partial charge in [-0.1, -0.05) is 132 Å². The van der Waals surface area contributed by atoms with Gasteiger partial charge in [-0.15, -0.1) is 0 Å². The zero-order chi connectivity index (χ0) is 60.0. The Morgan fingerprint density at radius 2 is 0.683 bits per heavy atom. The SMILES string of the molecule is COC(=O)c1cc2cc(c1)C(=O)Oc1c3cc(C(C)(C)C)cc1Cc1cc(C(C)(C)C)cc(c1O)Cc1cc(C(C)(C)C)cc(c1OC(=O)c1cc(cc(C(=O)OC)c1)NC(=O)CCCCC(=O)N2)Cc1cc(C(C)(C)C)cc(c1O)C3. The lowest BCUT2D eigenvalue weighted by atomic mass is 9.79. The largest absolute Gasteiger partial charge is 0.507 e. The van der Waals surface area contributed by atoms with E-state index in [4.69, 9.17) is 18.9 Å². The van der Waals surface area contributed by atoms with E-state index in [1.807, 2.05) is 48.5 Å². The molecule has 82 heavy (non-hydrogen) atoms. The zero-order valence-electron chi connectivity index (χ0n) is 49.7. The molecule has 0 saturated heterocycles. The summed E-state index contributed by atoms with van der Waals surface area (Å²) in [6.07, 6.45) is 0.671. The topological polar surface area (TPSA) is 204 Å². The fourth-order valence-corrected chi connectivity index (χ4v) is 10.3. The smallest absolute Gasteiger partial charge is 0.343 e. The Bertz CT molecular complexity index is 3250. The van der Waals surface area contributed by atoms with Crippen LogP contribution in [0.3, 0.4) is 0 Å². The summed E-state index contributed by atoms with van der Waals surface area (Å²) in [5.74, 6) is -3.87. The van der Waals surface area contributed by atoms with E-state index in [1.165, 1.54) is 50.6 Å². The molecule has 14 bridgehead atoms. The first-order valence-electron chi connectivity index (χ1n) is 27.8. The van der Waals surface area contributed by atoms with Gasteiger partial charge in [-0.25, -0.2) is 19.2 Å². The first kappa shape index (κ1) is 59.9. The Hall–Kier alpha value is -8.26. The van der Waals surface area contributed by atoms with Crippen LogP contribution in [0.5, 0.6) is 23.0 Å². The molecular formula is C68H76N2O12. The number of carbonyl (C=O) groups excluding carboxylic acids is 6. The molecule has 0 aromatic heterocycles. The third-order valence-electron chi connectivity index (χ3n) is 15.2. The van der Waals surface area contributed by atoms with E-state index in [-0.39, 0.29) is 108 Å². The highest BCUT2D eigenvalue weighted by Gasteiger charge is 2.31. The van der Waals surface area contributed by atoms with Gasteiger partial charge >= 0.3 is 23.9 Å². The van der Waals surface area contributed by atoms with Crippen molar-refractivity contribution in [3.8, 4) is 23.0 Å². The zero-order valence-corrected chi connectivity index (χ0v) is 49.7. The van der Waals surface area contributed by atoms with Gasteiger partial charge in [0, 0.05) is 72.2 Å². The van der Waals surface area contributed by atoms with Crippen molar-refractivity contribution in [3.63, 3.8) is 0 Å². The van der Waals surface area contributed by atoms with Gasteiger partial charge in [0.2, 0.25) is 11.8 Å². The van der Waals surface area contributed by atoms with Crippen LogP contribution in [0.1, 0.15) is 217 Å². The summed E-state index contributed by atoms with van der Waals surface area (Å²) in [7, 11) is 2.42. The van der Waals surface area contributed by atoms with Gasteiger partial charge in [-0.05, 0) is 115 Å². The van der Waals surface area contributed by atoms with Crippen molar-refractivity contribution in [3.05, 3.63) is 174 Å². The second-order valence-electron chi connectivity index (χ2n) is 25.9. The minimum absolute atomic E-state index is 0.0279. The van der Waals surface area contributed by atoms with E-state index in [9.17, 15) is 29.4 Å². The number of esters is 4. The Morgan fingerprint density at radius 3 is 0.939 bits per heavy atom. The van der Waals surface area contributed by atoms with Gasteiger partial charge in [-0.2, -0.15) is 0 Å². The van der Waals surface area contributed by atoms with Crippen LogP contribution in [-0.2, 0) is 66.4 Å². The molecule has 4 N–H and O–H groups in total. The predicted octanol–water partition coefficient (Wildman–Crippen LogP) is 13.4. The molecule has 6 aromatic carbocycles. The number of ether oxygens (including phenoxy) is 4. The summed E-state index contributed by atoms with van der Waals surface area (Å²) < 4.78 is 23.5. The summed E-state index contributed by atoms with van der Waals surface area (Å²) in [5, 5.41) is 31.3. The van der Waals surface area contributed by atoms with Crippen LogP contribution in [0.2, 0.25) is 0 Å². The predicted molar refractivity (Wildman–Crippen MR) is 316 cm³/mol. The standard InChI is InChI=1S/C68H76N2O12/c1-65(2,3)49-25-37-19-41-29-51(67(7,8)9)31-43-21-39-27-50(66(4,5)6)28-40(58(39)74)22-44-32-52(68(10,11)12)30-42(20-38(26-49)57(37)73)60(44)82-64(78)48-24-46(62(76)80-14)34-54(36-48)70-56(72)18-16-15-17-55(71)69-53-33-45(61(75)79-13)23-47(35-53)63(77)81-59(41)43/h23-36,73-74H,15-22H2,1-14H3,(H,69,71)(H,70,72). The van der Waals surface area contributed by atoms with E-state index in [2.05, 4.69) is 93.7 Å². The lowest BCUT2D eigenvalue weighted by molar-refractivity contribution is -0.118. The molecule has 9 rings (SSSR count). The summed E-state index contributed by atoms with van der Waals surface area (Å²) in [6.45, 7) is 24.9. The number of rotatable bonds is 2. The number of aromatic hydroxyl groups is 2. The molecular weight excluding hydrogens is 1040 g/mol. The lowest BCUT2D eigenvalue weighted by Crippen LogP contribution is -2.19. The normalized spacial score (nSPS) is 14.8.